The molecular weight excluding hydrogens is 479 g/mol. The van der Waals surface area contributed by atoms with E-state index < -0.39 is 0 Å². The molecule has 0 aliphatic carbocycles. The molecule has 0 fully saturated rings. The van der Waals surface area contributed by atoms with Crippen LogP contribution in [0.1, 0.15) is 5.56 Å². The van der Waals surface area contributed by atoms with Gasteiger partial charge in [-0.3, -0.25) is 14.5 Å². The molecule has 0 saturated carbocycles. The molecule has 1 unspecified atom stereocenters. The largest absolute Gasteiger partial charge is 0.382 e. The van der Waals surface area contributed by atoms with Crippen molar-refractivity contribution in [2.45, 2.75) is 19.2 Å². The predicted molar refractivity (Wildman–Crippen MR) is 129 cm³/mol. The Kier molecular flexibility index (Phi) is 10.2. The Morgan fingerprint density at radius 1 is 1.28 bits per heavy atom. The third kappa shape index (κ3) is 7.06. The molecule has 2 N–H and O–H groups in total. The van der Waals surface area contributed by atoms with Crippen molar-refractivity contribution in [3.63, 3.8) is 0 Å². The molecule has 3 rings (SSSR count). The molecule has 0 spiro atoms. The van der Waals surface area contributed by atoms with Gasteiger partial charge in [0, 0.05) is 20.2 Å². The maximum atomic E-state index is 12.6. The molecule has 176 valence electrons. The second-order valence-corrected chi connectivity index (χ2v) is 8.14. The number of benzene rings is 1. The van der Waals surface area contributed by atoms with Crippen molar-refractivity contribution in [3.05, 3.63) is 50.4 Å². The number of anilines is 1. The fourth-order valence-electron chi connectivity index (χ4n) is 3.15. The summed E-state index contributed by atoms with van der Waals surface area (Å²) in [7, 11) is 5.60. The number of nitrogens with zero attached hydrogens (tertiary/aromatic N) is 4. The van der Waals surface area contributed by atoms with Crippen LogP contribution < -0.4 is 10.9 Å². The second-order valence-electron chi connectivity index (χ2n) is 7.33. The van der Waals surface area contributed by atoms with Gasteiger partial charge in [-0.1, -0.05) is 29.3 Å². The van der Waals surface area contributed by atoms with Gasteiger partial charge in [0.25, 0.3) is 5.56 Å². The summed E-state index contributed by atoms with van der Waals surface area (Å²) in [5.41, 5.74) is 1.54. The monoisotopic (exact) mass is 504 g/mol. The predicted octanol–water partition coefficient (Wildman–Crippen LogP) is 3.05. The number of hydrogen-bond donors (Lipinski definition) is 2. The molecule has 2 aromatic heterocycles. The maximum absolute atomic E-state index is 12.6. The third-order valence-corrected chi connectivity index (χ3v) is 5.26. The van der Waals surface area contributed by atoms with E-state index in [2.05, 4.69) is 20.4 Å². The Morgan fingerprint density at radius 3 is 2.75 bits per heavy atom. The van der Waals surface area contributed by atoms with Gasteiger partial charge in [0.2, 0.25) is 5.95 Å². The number of hydrogen-bond acceptors (Lipinski definition) is 7. The highest BCUT2D eigenvalue weighted by molar-refractivity contribution is 6.42. The third-order valence-electron chi connectivity index (χ3n) is 4.52. The number of aromatic amines is 1. The Bertz CT molecular complexity index is 1070. The molecule has 0 aliphatic rings. The van der Waals surface area contributed by atoms with Crippen molar-refractivity contribution in [3.8, 4) is 0 Å². The van der Waals surface area contributed by atoms with E-state index in [1.165, 1.54) is 0 Å². The first-order valence-electron chi connectivity index (χ1n) is 9.76. The molecule has 0 bridgehead atoms. The first kappa shape index (κ1) is 26.4. The van der Waals surface area contributed by atoms with Gasteiger partial charge in [-0.15, -0.1) is 12.4 Å². The highest BCUT2D eigenvalue weighted by atomic mass is 35.5. The Morgan fingerprint density at radius 2 is 2.06 bits per heavy atom. The quantitative estimate of drug-likeness (QED) is 0.413. The maximum Gasteiger partial charge on any atom is 0.278 e. The smallest absolute Gasteiger partial charge is 0.278 e. The van der Waals surface area contributed by atoms with Crippen LogP contribution in [0.4, 0.5) is 5.95 Å². The molecule has 3 aromatic rings. The van der Waals surface area contributed by atoms with Crippen LogP contribution in [0.5, 0.6) is 0 Å². The van der Waals surface area contributed by atoms with E-state index in [-0.39, 0.29) is 24.1 Å². The minimum absolute atomic E-state index is 0. The lowest BCUT2D eigenvalue weighted by Crippen LogP contribution is -2.33. The van der Waals surface area contributed by atoms with Gasteiger partial charge in [0.1, 0.15) is 5.52 Å². The van der Waals surface area contributed by atoms with Crippen LogP contribution in [0.3, 0.4) is 0 Å². The highest BCUT2D eigenvalue weighted by Crippen LogP contribution is 2.22. The zero-order valence-corrected chi connectivity index (χ0v) is 20.4. The van der Waals surface area contributed by atoms with Gasteiger partial charge in [0.15, 0.2) is 5.52 Å². The van der Waals surface area contributed by atoms with E-state index in [1.807, 2.05) is 25.1 Å². The van der Waals surface area contributed by atoms with Crippen LogP contribution in [-0.4, -0.2) is 71.7 Å². The van der Waals surface area contributed by atoms with E-state index in [0.717, 1.165) is 12.1 Å². The fourth-order valence-corrected chi connectivity index (χ4v) is 3.47. The van der Waals surface area contributed by atoms with Gasteiger partial charge in [-0.25, -0.2) is 4.98 Å². The Balaban J connectivity index is 0.00000363. The van der Waals surface area contributed by atoms with Crippen molar-refractivity contribution in [2.24, 2.45) is 0 Å². The average Bonchev–Trinajstić information content (AvgIpc) is 3.12. The van der Waals surface area contributed by atoms with E-state index in [0.29, 0.717) is 53.3 Å². The molecular formula is C20H27Cl3N6O3. The number of ether oxygens (including phenoxy) is 2. The average molecular weight is 506 g/mol. The number of methoxy groups -OCH3 is 1. The van der Waals surface area contributed by atoms with Crippen molar-refractivity contribution in [2.75, 3.05) is 46.3 Å². The molecule has 0 saturated heterocycles. The first-order chi connectivity index (χ1) is 14.9. The Labute approximate surface area is 202 Å². The molecule has 0 aliphatic heterocycles. The first-order valence-corrected chi connectivity index (χ1v) is 10.5. The number of likely N-dealkylation sites (N-methyl/N-ethyl adjacent to an activating group) is 1. The summed E-state index contributed by atoms with van der Waals surface area (Å²) in [5.74, 6) is 0.352. The topological polar surface area (TPSA) is 97.3 Å². The molecule has 1 aromatic carbocycles. The lowest BCUT2D eigenvalue weighted by molar-refractivity contribution is -0.0171. The normalized spacial score (nSPS) is 12.2. The van der Waals surface area contributed by atoms with Crippen LogP contribution in [0.15, 0.2) is 29.2 Å². The summed E-state index contributed by atoms with van der Waals surface area (Å²) in [6, 6.07) is 5.34. The molecule has 0 radical (unpaired) electrons. The van der Waals surface area contributed by atoms with Crippen molar-refractivity contribution >= 4 is 52.6 Å². The number of rotatable bonds is 11. The number of halogens is 3. The number of H-pyrrole nitrogens is 1. The molecule has 0 amide bonds. The second kappa shape index (κ2) is 12.4. The van der Waals surface area contributed by atoms with E-state index in [4.69, 9.17) is 32.7 Å². The fraction of sp³-hybridized carbons (Fsp3) is 0.450. The summed E-state index contributed by atoms with van der Waals surface area (Å²) >= 11 is 12.0. The number of fused-ring (bicyclic) bond motifs is 1. The number of nitrogens with one attached hydrogen (secondary N) is 2. The molecule has 32 heavy (non-hydrogen) atoms. The molecule has 2 heterocycles. The van der Waals surface area contributed by atoms with E-state index >= 15 is 0 Å². The minimum Gasteiger partial charge on any atom is -0.382 e. The lowest BCUT2D eigenvalue weighted by atomic mass is 10.2. The minimum atomic E-state index is -0.277. The zero-order valence-electron chi connectivity index (χ0n) is 18.1. The van der Waals surface area contributed by atoms with Crippen molar-refractivity contribution in [1.82, 2.24) is 24.6 Å². The van der Waals surface area contributed by atoms with Gasteiger partial charge in [-0.2, -0.15) is 5.10 Å². The standard InChI is InChI=1S/C20H26Cl2N6O3.ClH/c1-27(2)11-14(12-30-3)31-7-6-28-18-17(10-24-28)25-20(26-19(18)29)23-9-13-4-5-15(21)16(22)8-13;/h4-5,8,10,14H,6-7,9,11-12H2,1-3H3,(H2,23,25,26,29);1H. The van der Waals surface area contributed by atoms with Gasteiger partial charge in [-0.05, 0) is 31.8 Å². The number of aromatic nitrogens is 4. The van der Waals surface area contributed by atoms with Gasteiger partial charge < -0.3 is 19.7 Å². The van der Waals surface area contributed by atoms with E-state index in [1.54, 1.807) is 30.1 Å². The molecule has 1 atom stereocenters. The SMILES string of the molecule is COCC(CN(C)C)OCCn1ncc2nc(NCc3ccc(Cl)c(Cl)c3)[nH]c(=O)c21.Cl. The summed E-state index contributed by atoms with van der Waals surface area (Å²) in [6.45, 7) is 2.49. The van der Waals surface area contributed by atoms with Crippen LogP contribution >= 0.6 is 35.6 Å². The highest BCUT2D eigenvalue weighted by Gasteiger charge is 2.13. The van der Waals surface area contributed by atoms with Gasteiger partial charge in [0.05, 0.1) is 42.1 Å². The van der Waals surface area contributed by atoms with Crippen molar-refractivity contribution in [1.29, 1.82) is 0 Å². The van der Waals surface area contributed by atoms with Crippen LogP contribution in [-0.2, 0) is 22.6 Å². The van der Waals surface area contributed by atoms with Crippen LogP contribution in [0.25, 0.3) is 11.0 Å². The van der Waals surface area contributed by atoms with E-state index in [9.17, 15) is 4.79 Å². The summed E-state index contributed by atoms with van der Waals surface area (Å²) in [5, 5.41) is 8.35. The summed E-state index contributed by atoms with van der Waals surface area (Å²) in [6.07, 6.45) is 1.51. The lowest BCUT2D eigenvalue weighted by Gasteiger charge is -2.20. The van der Waals surface area contributed by atoms with Crippen LogP contribution in [0.2, 0.25) is 10.0 Å². The zero-order chi connectivity index (χ0) is 22.4. The molecule has 9 nitrogen and oxygen atoms in total. The summed E-state index contributed by atoms with van der Waals surface area (Å²) in [4.78, 5) is 21.9. The van der Waals surface area contributed by atoms with Crippen LogP contribution in [0, 0.1) is 0 Å². The Hall–Kier alpha value is -1.88. The van der Waals surface area contributed by atoms with Crippen molar-refractivity contribution < 1.29 is 9.47 Å². The van der Waals surface area contributed by atoms with Gasteiger partial charge >= 0.3 is 0 Å². The molecule has 12 heteroatoms. The summed E-state index contributed by atoms with van der Waals surface area (Å²) < 4.78 is 12.7.